The molecule has 3 rings (SSSR count). The topological polar surface area (TPSA) is 43.8 Å². The number of carbonyl (C=O) groups excluding carboxylic acids is 1. The Labute approximate surface area is 128 Å². The Hall–Kier alpha value is -1.53. The Morgan fingerprint density at radius 2 is 1.73 bits per heavy atom. The highest BCUT2D eigenvalue weighted by Gasteiger charge is 2.34. The molecule has 1 amide bonds. The van der Waals surface area contributed by atoms with Gasteiger partial charge >= 0.3 is 0 Å². The summed E-state index contributed by atoms with van der Waals surface area (Å²) in [6.45, 7) is 2.11. The number of rotatable bonds is 2. The third-order valence-corrected chi connectivity index (χ3v) is 4.69. The van der Waals surface area contributed by atoms with E-state index < -0.39 is 23.1 Å². The molecule has 120 valence electrons. The standard InChI is InChI=1S/C16H20F2N2O2/c17-11-3-1-4-12(18)15(11)16(22)20-9-7-19(8-10-20)13-5-2-6-14(13)21/h1,3-4,13-14,21H,2,5-10H2/t13-,14+/m1/s1. The average molecular weight is 310 g/mol. The van der Waals surface area contributed by atoms with Crippen molar-refractivity contribution in [2.75, 3.05) is 26.2 Å². The molecule has 1 N–H and O–H groups in total. The SMILES string of the molecule is O=C(c1c(F)cccc1F)N1CCN([C@@H]2CCC[C@@H]2O)CC1. The lowest BCUT2D eigenvalue weighted by Crippen LogP contribution is -2.53. The molecule has 0 unspecified atom stereocenters. The molecule has 2 atom stereocenters. The number of nitrogens with zero attached hydrogens (tertiary/aromatic N) is 2. The van der Waals surface area contributed by atoms with Crippen LogP contribution in [0.5, 0.6) is 0 Å². The first-order valence-corrected chi connectivity index (χ1v) is 7.73. The van der Waals surface area contributed by atoms with Crippen LogP contribution in [0, 0.1) is 11.6 Å². The molecule has 1 aromatic carbocycles. The average Bonchev–Trinajstić information content (AvgIpc) is 2.93. The van der Waals surface area contributed by atoms with Gasteiger partial charge in [0.15, 0.2) is 0 Å². The number of carbonyl (C=O) groups is 1. The second-order valence-electron chi connectivity index (χ2n) is 5.99. The molecule has 1 aliphatic heterocycles. The molecular formula is C16H20F2N2O2. The van der Waals surface area contributed by atoms with Gasteiger partial charge in [-0.3, -0.25) is 9.69 Å². The fourth-order valence-electron chi connectivity index (χ4n) is 3.46. The van der Waals surface area contributed by atoms with Crippen LogP contribution in [0.2, 0.25) is 0 Å². The van der Waals surface area contributed by atoms with Crippen molar-refractivity contribution in [3.05, 3.63) is 35.4 Å². The fourth-order valence-corrected chi connectivity index (χ4v) is 3.46. The van der Waals surface area contributed by atoms with E-state index in [-0.39, 0.29) is 12.1 Å². The van der Waals surface area contributed by atoms with Gasteiger partial charge in [-0.05, 0) is 31.4 Å². The van der Waals surface area contributed by atoms with E-state index in [4.69, 9.17) is 0 Å². The number of aliphatic hydroxyl groups excluding tert-OH is 1. The molecule has 2 fully saturated rings. The number of amides is 1. The smallest absolute Gasteiger partial charge is 0.259 e. The minimum Gasteiger partial charge on any atom is -0.391 e. The van der Waals surface area contributed by atoms with Gasteiger partial charge in [-0.25, -0.2) is 8.78 Å². The van der Waals surface area contributed by atoms with Crippen LogP contribution in [0.3, 0.4) is 0 Å². The predicted octanol–water partition coefficient (Wildman–Crippen LogP) is 1.64. The number of aliphatic hydroxyl groups is 1. The van der Waals surface area contributed by atoms with Gasteiger partial charge < -0.3 is 10.0 Å². The zero-order chi connectivity index (χ0) is 15.7. The molecule has 1 heterocycles. The summed E-state index contributed by atoms with van der Waals surface area (Å²) in [4.78, 5) is 16.0. The van der Waals surface area contributed by atoms with E-state index in [9.17, 15) is 18.7 Å². The Balaban J connectivity index is 1.65. The minimum atomic E-state index is -0.821. The maximum atomic E-state index is 13.7. The summed E-state index contributed by atoms with van der Waals surface area (Å²) in [5.41, 5.74) is -0.475. The van der Waals surface area contributed by atoms with Gasteiger partial charge in [0.05, 0.1) is 6.10 Å². The number of piperazine rings is 1. The third kappa shape index (κ3) is 2.85. The van der Waals surface area contributed by atoms with Crippen molar-refractivity contribution in [1.29, 1.82) is 0 Å². The highest BCUT2D eigenvalue weighted by atomic mass is 19.1. The predicted molar refractivity (Wildman–Crippen MR) is 77.5 cm³/mol. The molecule has 0 aromatic heterocycles. The summed E-state index contributed by atoms with van der Waals surface area (Å²) < 4.78 is 27.4. The van der Waals surface area contributed by atoms with Crippen LogP contribution in [0.4, 0.5) is 8.78 Å². The number of hydrogen-bond donors (Lipinski definition) is 1. The van der Waals surface area contributed by atoms with Crippen molar-refractivity contribution in [3.63, 3.8) is 0 Å². The monoisotopic (exact) mass is 310 g/mol. The summed E-state index contributed by atoms with van der Waals surface area (Å²) >= 11 is 0. The van der Waals surface area contributed by atoms with Gasteiger partial charge in [-0.2, -0.15) is 0 Å². The quantitative estimate of drug-likeness (QED) is 0.903. The Bertz CT molecular complexity index is 539. The molecular weight excluding hydrogens is 290 g/mol. The zero-order valence-electron chi connectivity index (χ0n) is 12.3. The minimum absolute atomic E-state index is 0.155. The lowest BCUT2D eigenvalue weighted by molar-refractivity contribution is 0.0311. The third-order valence-electron chi connectivity index (χ3n) is 4.69. The van der Waals surface area contributed by atoms with Gasteiger partial charge in [-0.1, -0.05) is 6.07 Å². The van der Waals surface area contributed by atoms with Gasteiger partial charge in [0, 0.05) is 32.2 Å². The number of hydrogen-bond acceptors (Lipinski definition) is 3. The summed E-state index contributed by atoms with van der Waals surface area (Å²) in [6.07, 6.45) is 2.51. The van der Waals surface area contributed by atoms with E-state index in [0.717, 1.165) is 31.4 Å². The van der Waals surface area contributed by atoms with Gasteiger partial charge in [0.2, 0.25) is 0 Å². The molecule has 1 aliphatic carbocycles. The van der Waals surface area contributed by atoms with E-state index in [1.165, 1.54) is 11.0 Å². The lowest BCUT2D eigenvalue weighted by atomic mass is 10.1. The lowest BCUT2D eigenvalue weighted by Gasteiger charge is -2.39. The number of halogens is 2. The Morgan fingerprint density at radius 1 is 1.09 bits per heavy atom. The second kappa shape index (κ2) is 6.30. The van der Waals surface area contributed by atoms with Crippen LogP contribution >= 0.6 is 0 Å². The molecule has 4 nitrogen and oxygen atoms in total. The maximum Gasteiger partial charge on any atom is 0.259 e. The van der Waals surface area contributed by atoms with Crippen molar-refractivity contribution >= 4 is 5.91 Å². The van der Waals surface area contributed by atoms with Crippen LogP contribution in [0.25, 0.3) is 0 Å². The first kappa shape index (κ1) is 15.4. The van der Waals surface area contributed by atoms with Crippen molar-refractivity contribution in [2.45, 2.75) is 31.4 Å². The summed E-state index contributed by atoms with van der Waals surface area (Å²) in [5, 5.41) is 9.95. The Kier molecular flexibility index (Phi) is 4.40. The van der Waals surface area contributed by atoms with Crippen molar-refractivity contribution in [2.24, 2.45) is 0 Å². The Morgan fingerprint density at radius 3 is 2.27 bits per heavy atom. The van der Waals surface area contributed by atoms with Gasteiger partial charge in [-0.15, -0.1) is 0 Å². The fraction of sp³-hybridized carbons (Fsp3) is 0.562. The van der Waals surface area contributed by atoms with E-state index in [1.54, 1.807) is 0 Å². The van der Waals surface area contributed by atoms with Crippen molar-refractivity contribution in [1.82, 2.24) is 9.80 Å². The summed E-state index contributed by atoms with van der Waals surface area (Å²) in [6, 6.07) is 3.60. The highest BCUT2D eigenvalue weighted by Crippen LogP contribution is 2.25. The van der Waals surface area contributed by atoms with Gasteiger partial charge in [0.25, 0.3) is 5.91 Å². The van der Waals surface area contributed by atoms with Gasteiger partial charge in [0.1, 0.15) is 17.2 Å². The van der Waals surface area contributed by atoms with Crippen molar-refractivity contribution < 1.29 is 18.7 Å². The molecule has 6 heteroatoms. The largest absolute Gasteiger partial charge is 0.391 e. The first-order chi connectivity index (χ1) is 10.6. The summed E-state index contributed by atoms with van der Waals surface area (Å²) in [7, 11) is 0. The van der Waals surface area contributed by atoms with Crippen LogP contribution in [-0.2, 0) is 0 Å². The normalized spacial score (nSPS) is 26.4. The maximum absolute atomic E-state index is 13.7. The van der Waals surface area contributed by atoms with E-state index >= 15 is 0 Å². The van der Waals surface area contributed by atoms with E-state index in [2.05, 4.69) is 4.90 Å². The van der Waals surface area contributed by atoms with E-state index in [0.29, 0.717) is 26.2 Å². The summed E-state index contributed by atoms with van der Waals surface area (Å²) in [5.74, 6) is -2.24. The second-order valence-corrected chi connectivity index (χ2v) is 5.99. The van der Waals surface area contributed by atoms with Crippen LogP contribution in [-0.4, -0.2) is 59.1 Å². The van der Waals surface area contributed by atoms with Crippen molar-refractivity contribution in [3.8, 4) is 0 Å². The molecule has 1 aromatic rings. The molecule has 2 aliphatic rings. The molecule has 22 heavy (non-hydrogen) atoms. The number of benzene rings is 1. The van der Waals surface area contributed by atoms with Crippen LogP contribution in [0.1, 0.15) is 29.6 Å². The molecule has 1 saturated carbocycles. The highest BCUT2D eigenvalue weighted by molar-refractivity contribution is 5.94. The molecule has 0 radical (unpaired) electrons. The van der Waals surface area contributed by atoms with E-state index in [1.807, 2.05) is 0 Å². The first-order valence-electron chi connectivity index (χ1n) is 7.73. The van der Waals surface area contributed by atoms with Crippen LogP contribution in [0.15, 0.2) is 18.2 Å². The molecule has 0 bridgehead atoms. The van der Waals surface area contributed by atoms with Crippen LogP contribution < -0.4 is 0 Å². The molecule has 1 saturated heterocycles. The molecule has 0 spiro atoms. The zero-order valence-corrected chi connectivity index (χ0v) is 12.3.